The molecule has 0 aromatic heterocycles. The normalized spacial score (nSPS) is 38.1. The predicted molar refractivity (Wildman–Crippen MR) is 65.3 cm³/mol. The largest absolute Gasteiger partial charge is 0.355 e. The van der Waals surface area contributed by atoms with Crippen molar-refractivity contribution >= 4 is 11.8 Å². The zero-order valence-corrected chi connectivity index (χ0v) is 11.0. The molecule has 3 unspecified atom stereocenters. The molecular formula is C13H22N2O2. The standard InChI is InChI=1S/C13H22N2O2/c1-9-4-10(2)7-15(6-9)12(17)13(3)5-11(16)14-8-13/h9-10H,4-8H2,1-3H3,(H,14,16). The van der Waals surface area contributed by atoms with Crippen LogP contribution in [0, 0.1) is 17.3 Å². The minimum Gasteiger partial charge on any atom is -0.355 e. The van der Waals surface area contributed by atoms with E-state index in [2.05, 4.69) is 19.2 Å². The summed E-state index contributed by atoms with van der Waals surface area (Å²) in [5.41, 5.74) is -0.520. The molecule has 2 rings (SSSR count). The Morgan fingerprint density at radius 2 is 1.94 bits per heavy atom. The first-order valence-electron chi connectivity index (χ1n) is 6.47. The molecule has 2 aliphatic rings. The van der Waals surface area contributed by atoms with Crippen LogP contribution in [0.25, 0.3) is 0 Å². The Morgan fingerprint density at radius 3 is 2.41 bits per heavy atom. The van der Waals surface area contributed by atoms with E-state index in [9.17, 15) is 9.59 Å². The van der Waals surface area contributed by atoms with Gasteiger partial charge in [-0.1, -0.05) is 13.8 Å². The maximum atomic E-state index is 12.5. The molecule has 2 aliphatic heterocycles. The maximum absolute atomic E-state index is 12.5. The highest BCUT2D eigenvalue weighted by Gasteiger charge is 2.44. The van der Waals surface area contributed by atoms with Crippen molar-refractivity contribution in [1.82, 2.24) is 10.2 Å². The number of hydrogen-bond acceptors (Lipinski definition) is 2. The zero-order valence-electron chi connectivity index (χ0n) is 11.0. The molecule has 17 heavy (non-hydrogen) atoms. The van der Waals surface area contributed by atoms with Crippen molar-refractivity contribution in [2.75, 3.05) is 19.6 Å². The van der Waals surface area contributed by atoms with Crippen LogP contribution < -0.4 is 5.32 Å². The first kappa shape index (κ1) is 12.4. The molecular weight excluding hydrogens is 216 g/mol. The topological polar surface area (TPSA) is 49.4 Å². The number of piperidine rings is 1. The Kier molecular flexibility index (Phi) is 3.15. The molecule has 2 saturated heterocycles. The zero-order chi connectivity index (χ0) is 12.6. The van der Waals surface area contributed by atoms with Crippen molar-refractivity contribution in [2.45, 2.75) is 33.6 Å². The van der Waals surface area contributed by atoms with Gasteiger partial charge in [0.05, 0.1) is 5.41 Å². The molecule has 1 N–H and O–H groups in total. The molecule has 96 valence electrons. The lowest BCUT2D eigenvalue weighted by Gasteiger charge is -2.38. The first-order valence-corrected chi connectivity index (χ1v) is 6.47. The lowest BCUT2D eigenvalue weighted by molar-refractivity contribution is -0.143. The molecule has 4 nitrogen and oxygen atoms in total. The first-order chi connectivity index (χ1) is 7.90. The summed E-state index contributed by atoms with van der Waals surface area (Å²) in [5, 5.41) is 2.77. The number of carbonyl (C=O) groups is 2. The number of carbonyl (C=O) groups excluding carboxylic acids is 2. The summed E-state index contributed by atoms with van der Waals surface area (Å²) in [6, 6.07) is 0. The van der Waals surface area contributed by atoms with Crippen LogP contribution in [-0.4, -0.2) is 36.3 Å². The van der Waals surface area contributed by atoms with Crippen LogP contribution in [0.15, 0.2) is 0 Å². The monoisotopic (exact) mass is 238 g/mol. The summed E-state index contributed by atoms with van der Waals surface area (Å²) in [7, 11) is 0. The number of nitrogens with zero attached hydrogens (tertiary/aromatic N) is 1. The Bertz CT molecular complexity index is 332. The fourth-order valence-electron chi connectivity index (χ4n) is 3.13. The van der Waals surface area contributed by atoms with Crippen LogP contribution in [0.5, 0.6) is 0 Å². The van der Waals surface area contributed by atoms with Crippen LogP contribution >= 0.6 is 0 Å². The second-order valence-electron chi connectivity index (χ2n) is 6.17. The lowest BCUT2D eigenvalue weighted by atomic mass is 9.85. The molecule has 4 heteroatoms. The van der Waals surface area contributed by atoms with Crippen molar-refractivity contribution in [1.29, 1.82) is 0 Å². The second kappa shape index (κ2) is 4.31. The average Bonchev–Trinajstić information content (AvgIpc) is 2.57. The minimum atomic E-state index is -0.520. The number of amides is 2. The van der Waals surface area contributed by atoms with Gasteiger partial charge in [-0.05, 0) is 25.2 Å². The smallest absolute Gasteiger partial charge is 0.230 e. The van der Waals surface area contributed by atoms with Crippen molar-refractivity contribution in [3.63, 3.8) is 0 Å². The third-order valence-corrected chi connectivity index (χ3v) is 3.90. The summed E-state index contributed by atoms with van der Waals surface area (Å²) in [6.07, 6.45) is 1.53. The van der Waals surface area contributed by atoms with Crippen molar-refractivity contribution < 1.29 is 9.59 Å². The fourth-order valence-corrected chi connectivity index (χ4v) is 3.13. The number of rotatable bonds is 1. The number of likely N-dealkylation sites (tertiary alicyclic amines) is 1. The van der Waals surface area contributed by atoms with Crippen molar-refractivity contribution in [3.8, 4) is 0 Å². The fraction of sp³-hybridized carbons (Fsp3) is 0.846. The van der Waals surface area contributed by atoms with Crippen LogP contribution in [0.3, 0.4) is 0 Å². The molecule has 3 atom stereocenters. The highest BCUT2D eigenvalue weighted by atomic mass is 16.2. The van der Waals surface area contributed by atoms with Gasteiger partial charge in [-0.15, -0.1) is 0 Å². The molecule has 0 saturated carbocycles. The lowest BCUT2D eigenvalue weighted by Crippen LogP contribution is -2.49. The van der Waals surface area contributed by atoms with E-state index in [1.807, 2.05) is 11.8 Å². The van der Waals surface area contributed by atoms with Gasteiger partial charge in [0.1, 0.15) is 0 Å². The highest BCUT2D eigenvalue weighted by molar-refractivity contribution is 5.92. The van der Waals surface area contributed by atoms with E-state index >= 15 is 0 Å². The van der Waals surface area contributed by atoms with E-state index in [4.69, 9.17) is 0 Å². The van der Waals surface area contributed by atoms with E-state index < -0.39 is 5.41 Å². The molecule has 0 spiro atoms. The van der Waals surface area contributed by atoms with Gasteiger partial charge in [-0.2, -0.15) is 0 Å². The van der Waals surface area contributed by atoms with Gasteiger partial charge in [-0.25, -0.2) is 0 Å². The summed E-state index contributed by atoms with van der Waals surface area (Å²) in [6.45, 7) is 8.45. The van der Waals surface area contributed by atoms with Gasteiger partial charge < -0.3 is 10.2 Å². The highest BCUT2D eigenvalue weighted by Crippen LogP contribution is 2.31. The van der Waals surface area contributed by atoms with Gasteiger partial charge in [0.2, 0.25) is 11.8 Å². The Hall–Kier alpha value is -1.06. The maximum Gasteiger partial charge on any atom is 0.230 e. The van der Waals surface area contributed by atoms with Crippen LogP contribution in [0.2, 0.25) is 0 Å². The van der Waals surface area contributed by atoms with Crippen LogP contribution in [0.1, 0.15) is 33.6 Å². The molecule has 2 amide bonds. The van der Waals surface area contributed by atoms with Crippen molar-refractivity contribution in [2.24, 2.45) is 17.3 Å². The molecule has 0 aromatic rings. The minimum absolute atomic E-state index is 0.000966. The number of nitrogens with one attached hydrogen (secondary N) is 1. The summed E-state index contributed by atoms with van der Waals surface area (Å²) >= 11 is 0. The van der Waals surface area contributed by atoms with E-state index in [0.717, 1.165) is 13.1 Å². The molecule has 0 bridgehead atoms. The van der Waals surface area contributed by atoms with Crippen LogP contribution in [-0.2, 0) is 9.59 Å². The summed E-state index contributed by atoms with van der Waals surface area (Å²) in [5.74, 6) is 1.28. The predicted octanol–water partition coefficient (Wildman–Crippen LogP) is 1.02. The van der Waals surface area contributed by atoms with E-state index in [-0.39, 0.29) is 11.8 Å². The van der Waals surface area contributed by atoms with E-state index in [1.165, 1.54) is 6.42 Å². The molecule has 0 aromatic carbocycles. The molecule has 0 radical (unpaired) electrons. The third kappa shape index (κ3) is 2.45. The summed E-state index contributed by atoms with van der Waals surface area (Å²) < 4.78 is 0. The van der Waals surface area contributed by atoms with Gasteiger partial charge in [0, 0.05) is 26.1 Å². The van der Waals surface area contributed by atoms with Gasteiger partial charge >= 0.3 is 0 Å². The quantitative estimate of drug-likeness (QED) is 0.741. The average molecular weight is 238 g/mol. The second-order valence-corrected chi connectivity index (χ2v) is 6.17. The van der Waals surface area contributed by atoms with Gasteiger partial charge in [0.15, 0.2) is 0 Å². The van der Waals surface area contributed by atoms with Crippen molar-refractivity contribution in [3.05, 3.63) is 0 Å². The Balaban J connectivity index is 2.06. The Labute approximate surface area is 103 Å². The van der Waals surface area contributed by atoms with Gasteiger partial charge in [0.25, 0.3) is 0 Å². The van der Waals surface area contributed by atoms with Crippen LogP contribution in [0.4, 0.5) is 0 Å². The van der Waals surface area contributed by atoms with Gasteiger partial charge in [-0.3, -0.25) is 9.59 Å². The van der Waals surface area contributed by atoms with E-state index in [0.29, 0.717) is 24.8 Å². The molecule has 0 aliphatic carbocycles. The SMILES string of the molecule is CC1CC(C)CN(C(=O)C2(C)CNC(=O)C2)C1. The summed E-state index contributed by atoms with van der Waals surface area (Å²) in [4.78, 5) is 25.7. The molecule has 2 heterocycles. The number of hydrogen-bond donors (Lipinski definition) is 1. The van der Waals surface area contributed by atoms with E-state index in [1.54, 1.807) is 0 Å². The molecule has 2 fully saturated rings. The third-order valence-electron chi connectivity index (χ3n) is 3.90. The Morgan fingerprint density at radius 1 is 1.35 bits per heavy atom.